The Morgan fingerprint density at radius 1 is 1.17 bits per heavy atom. The van der Waals surface area contributed by atoms with Gasteiger partial charge in [-0.3, -0.25) is 9.69 Å². The summed E-state index contributed by atoms with van der Waals surface area (Å²) in [5, 5.41) is 11.1. The topological polar surface area (TPSA) is 76.4 Å². The maximum Gasteiger partial charge on any atom is 0.244 e. The number of tetrazole rings is 1. The summed E-state index contributed by atoms with van der Waals surface area (Å²) < 4.78 is 6.84. The highest BCUT2D eigenvalue weighted by atomic mass is 16.5. The molecule has 0 N–H and O–H groups in total. The molecule has 3 aliphatic rings. The van der Waals surface area contributed by atoms with Gasteiger partial charge in [0.25, 0.3) is 0 Å². The first-order valence-electron chi connectivity index (χ1n) is 10.6. The molecule has 2 aromatic rings. The average Bonchev–Trinajstić information content (AvgIpc) is 3.26. The Morgan fingerprint density at radius 3 is 2.79 bits per heavy atom. The normalized spacial score (nSPS) is 29.3. The number of ether oxygens (including phenoxy) is 1. The van der Waals surface area contributed by atoms with Gasteiger partial charge >= 0.3 is 0 Å². The molecule has 4 atom stereocenters. The van der Waals surface area contributed by atoms with E-state index in [9.17, 15) is 4.79 Å². The minimum absolute atomic E-state index is 0.128. The van der Waals surface area contributed by atoms with Crippen molar-refractivity contribution in [2.45, 2.75) is 44.3 Å². The van der Waals surface area contributed by atoms with Crippen molar-refractivity contribution in [1.82, 2.24) is 30.0 Å². The number of fused-ring (bicyclic) bond motifs is 4. The quantitative estimate of drug-likeness (QED) is 0.784. The van der Waals surface area contributed by atoms with Crippen LogP contribution in [0, 0.1) is 11.8 Å². The van der Waals surface area contributed by atoms with Gasteiger partial charge in [0.05, 0.1) is 7.11 Å². The van der Waals surface area contributed by atoms with Gasteiger partial charge in [0.1, 0.15) is 18.6 Å². The molecule has 1 aromatic carbocycles. The Kier molecular flexibility index (Phi) is 4.95. The Balaban J connectivity index is 1.30. The van der Waals surface area contributed by atoms with E-state index >= 15 is 0 Å². The third-order valence-corrected chi connectivity index (χ3v) is 6.93. The first kappa shape index (κ1) is 18.5. The third-order valence-electron chi connectivity index (χ3n) is 6.93. The second kappa shape index (κ2) is 7.74. The number of piperidine rings is 3. The number of likely N-dealkylation sites (tertiary alicyclic amines) is 1. The monoisotopic (exact) mass is 396 g/mol. The summed E-state index contributed by atoms with van der Waals surface area (Å²) in [4.78, 5) is 17.6. The number of amides is 1. The number of carbonyl (C=O) groups is 1. The lowest BCUT2D eigenvalue weighted by molar-refractivity contribution is -0.139. The number of nitrogens with zero attached hydrogens (tertiary/aromatic N) is 6. The Bertz CT molecular complexity index is 839. The van der Waals surface area contributed by atoms with Crippen molar-refractivity contribution >= 4 is 5.91 Å². The molecule has 0 aliphatic carbocycles. The van der Waals surface area contributed by atoms with Crippen LogP contribution in [0.4, 0.5) is 0 Å². The van der Waals surface area contributed by atoms with Crippen molar-refractivity contribution in [2.75, 3.05) is 26.7 Å². The van der Waals surface area contributed by atoms with Crippen LogP contribution in [-0.4, -0.2) is 68.7 Å². The molecule has 0 saturated carbocycles. The first-order valence-corrected chi connectivity index (χ1v) is 10.6. The van der Waals surface area contributed by atoms with Crippen molar-refractivity contribution in [1.29, 1.82) is 0 Å². The van der Waals surface area contributed by atoms with Crippen LogP contribution in [0.5, 0.6) is 5.75 Å². The molecular weight excluding hydrogens is 368 g/mol. The average molecular weight is 396 g/mol. The van der Waals surface area contributed by atoms with E-state index in [1.54, 1.807) is 7.11 Å². The molecule has 1 aromatic heterocycles. The van der Waals surface area contributed by atoms with E-state index in [1.165, 1.54) is 42.3 Å². The van der Waals surface area contributed by atoms with Crippen LogP contribution in [0.15, 0.2) is 30.6 Å². The van der Waals surface area contributed by atoms with Gasteiger partial charge in [0.2, 0.25) is 5.91 Å². The number of rotatable bonds is 4. The van der Waals surface area contributed by atoms with Gasteiger partial charge in [-0.15, -0.1) is 5.10 Å². The molecule has 154 valence electrons. The summed E-state index contributed by atoms with van der Waals surface area (Å²) in [5.41, 5.74) is 1.39. The van der Waals surface area contributed by atoms with Gasteiger partial charge in [-0.25, -0.2) is 4.68 Å². The summed E-state index contributed by atoms with van der Waals surface area (Å²) in [6.45, 7) is 3.01. The fraction of sp³-hybridized carbons (Fsp3) is 0.619. The molecule has 0 spiro atoms. The fourth-order valence-corrected chi connectivity index (χ4v) is 5.69. The van der Waals surface area contributed by atoms with E-state index in [1.807, 2.05) is 0 Å². The molecule has 2 bridgehead atoms. The van der Waals surface area contributed by atoms with Gasteiger partial charge in [-0.05, 0) is 65.6 Å². The van der Waals surface area contributed by atoms with E-state index in [0.717, 1.165) is 25.4 Å². The van der Waals surface area contributed by atoms with Crippen LogP contribution in [0.3, 0.4) is 0 Å². The summed E-state index contributed by atoms with van der Waals surface area (Å²) >= 11 is 0. The predicted molar refractivity (Wildman–Crippen MR) is 106 cm³/mol. The number of benzene rings is 1. The van der Waals surface area contributed by atoms with Crippen molar-refractivity contribution in [2.24, 2.45) is 11.8 Å². The Morgan fingerprint density at radius 2 is 2.03 bits per heavy atom. The molecule has 8 nitrogen and oxygen atoms in total. The van der Waals surface area contributed by atoms with Gasteiger partial charge in [0, 0.05) is 31.7 Å². The number of aromatic nitrogens is 4. The van der Waals surface area contributed by atoms with E-state index in [4.69, 9.17) is 4.74 Å². The molecule has 1 amide bonds. The van der Waals surface area contributed by atoms with Crippen molar-refractivity contribution < 1.29 is 9.53 Å². The number of carbonyl (C=O) groups excluding carboxylic acids is 1. The van der Waals surface area contributed by atoms with Crippen molar-refractivity contribution in [3.63, 3.8) is 0 Å². The van der Waals surface area contributed by atoms with E-state index in [0.29, 0.717) is 23.9 Å². The van der Waals surface area contributed by atoms with Crippen LogP contribution >= 0.6 is 0 Å². The second-order valence-corrected chi connectivity index (χ2v) is 8.65. The molecule has 29 heavy (non-hydrogen) atoms. The molecule has 5 rings (SSSR count). The highest BCUT2D eigenvalue weighted by Crippen LogP contribution is 2.44. The molecule has 4 heterocycles. The van der Waals surface area contributed by atoms with E-state index in [-0.39, 0.29) is 12.5 Å². The Hall–Kier alpha value is -2.48. The lowest BCUT2D eigenvalue weighted by Crippen LogP contribution is -2.60. The zero-order chi connectivity index (χ0) is 19.8. The molecular formula is C21H28N6O2. The fourth-order valence-electron chi connectivity index (χ4n) is 5.69. The summed E-state index contributed by atoms with van der Waals surface area (Å²) in [5.74, 6) is 2.14. The number of hydrogen-bond acceptors (Lipinski definition) is 6. The lowest BCUT2D eigenvalue weighted by Gasteiger charge is -2.55. The van der Waals surface area contributed by atoms with Gasteiger partial charge < -0.3 is 9.64 Å². The maximum atomic E-state index is 12.8. The number of methoxy groups -OCH3 is 1. The van der Waals surface area contributed by atoms with Gasteiger partial charge in [-0.1, -0.05) is 12.1 Å². The molecule has 3 aliphatic heterocycles. The van der Waals surface area contributed by atoms with Crippen LogP contribution in [0.2, 0.25) is 0 Å². The predicted octanol–water partition coefficient (Wildman–Crippen LogP) is 1.76. The SMILES string of the molecule is COc1ccc([C@H]2CCC[C@H]3[C@@H]4C[C@@H](CN(C(=O)Cn5cnnn5)C4)CN23)cc1. The van der Waals surface area contributed by atoms with E-state index in [2.05, 4.69) is 49.6 Å². The smallest absolute Gasteiger partial charge is 0.244 e. The van der Waals surface area contributed by atoms with Crippen LogP contribution in [-0.2, 0) is 11.3 Å². The summed E-state index contributed by atoms with van der Waals surface area (Å²) in [6, 6.07) is 9.63. The standard InChI is InChI=1S/C21H28N6O2/c1-29-18-7-5-16(6-8-18)19-3-2-4-20-17-9-15(11-27(19)20)10-25(12-17)21(28)13-26-14-22-23-24-26/h5-8,14-15,17,19-20H,2-4,9-13H2,1H3/t15-,17+,19+,20-/m0/s1. The third kappa shape index (κ3) is 3.61. The van der Waals surface area contributed by atoms with Crippen LogP contribution in [0.25, 0.3) is 0 Å². The maximum absolute atomic E-state index is 12.8. The second-order valence-electron chi connectivity index (χ2n) is 8.65. The Labute approximate surface area is 170 Å². The number of hydrogen-bond donors (Lipinski definition) is 0. The molecule has 0 unspecified atom stereocenters. The minimum atomic E-state index is 0.128. The van der Waals surface area contributed by atoms with Crippen LogP contribution in [0.1, 0.15) is 37.3 Å². The molecule has 0 radical (unpaired) electrons. The highest BCUT2D eigenvalue weighted by Gasteiger charge is 2.45. The van der Waals surface area contributed by atoms with Crippen molar-refractivity contribution in [3.8, 4) is 5.75 Å². The van der Waals surface area contributed by atoms with Crippen molar-refractivity contribution in [3.05, 3.63) is 36.2 Å². The van der Waals surface area contributed by atoms with Gasteiger partial charge in [0.15, 0.2) is 0 Å². The molecule has 8 heteroatoms. The first-order chi connectivity index (χ1) is 14.2. The summed E-state index contributed by atoms with van der Waals surface area (Å²) in [7, 11) is 1.71. The van der Waals surface area contributed by atoms with Crippen LogP contribution < -0.4 is 4.74 Å². The van der Waals surface area contributed by atoms with E-state index < -0.39 is 0 Å². The molecule has 3 fully saturated rings. The largest absolute Gasteiger partial charge is 0.497 e. The zero-order valence-electron chi connectivity index (χ0n) is 16.9. The lowest BCUT2D eigenvalue weighted by atomic mass is 9.74. The zero-order valence-corrected chi connectivity index (χ0v) is 16.9. The summed E-state index contributed by atoms with van der Waals surface area (Å²) in [6.07, 6.45) is 6.44. The molecule has 3 saturated heterocycles. The highest BCUT2D eigenvalue weighted by molar-refractivity contribution is 5.76. The minimum Gasteiger partial charge on any atom is -0.497 e. The van der Waals surface area contributed by atoms with Gasteiger partial charge in [-0.2, -0.15) is 0 Å².